The molecule has 0 bridgehead atoms. The molecule has 0 N–H and O–H groups in total. The molecule has 0 saturated heterocycles. The Morgan fingerprint density at radius 2 is 1.70 bits per heavy atom. The van der Waals surface area contributed by atoms with Gasteiger partial charge < -0.3 is 4.57 Å². The van der Waals surface area contributed by atoms with E-state index in [1.165, 1.54) is 16.8 Å². The molecule has 0 saturated carbocycles. The molecule has 0 fully saturated rings. The molecule has 2 aromatic carbocycles. The topological polar surface area (TPSA) is 41.6 Å². The summed E-state index contributed by atoms with van der Waals surface area (Å²) in [5, 5.41) is 8.86. The van der Waals surface area contributed by atoms with Crippen LogP contribution in [0.15, 0.2) is 67.1 Å². The number of rotatable bonds is 6. The van der Waals surface area contributed by atoms with Crippen LogP contribution in [0.25, 0.3) is 0 Å². The van der Waals surface area contributed by atoms with Crippen molar-refractivity contribution < 1.29 is 0 Å². The van der Waals surface area contributed by atoms with Crippen LogP contribution < -0.4 is 0 Å². The van der Waals surface area contributed by atoms with Crippen molar-refractivity contribution in [2.45, 2.75) is 25.8 Å². The highest BCUT2D eigenvalue weighted by Crippen LogP contribution is 2.11. The number of aromatic nitrogens is 2. The lowest BCUT2D eigenvalue weighted by Gasteiger charge is -2.08. The molecule has 0 radical (unpaired) electrons. The molecule has 23 heavy (non-hydrogen) atoms. The molecule has 0 aliphatic carbocycles. The predicted octanol–water partition coefficient (Wildman–Crippen LogP) is 3.98. The minimum atomic E-state index is 0.697. The first-order chi connectivity index (χ1) is 11.3. The SMILES string of the molecule is N#Cc1ccc(Cn2cncc2CCCc2ccccc2)cc1. The second-order valence-electron chi connectivity index (χ2n) is 5.66. The summed E-state index contributed by atoms with van der Waals surface area (Å²) in [6.45, 7) is 0.798. The first kappa shape index (κ1) is 15.1. The molecule has 1 heterocycles. The fraction of sp³-hybridized carbons (Fsp3) is 0.200. The minimum absolute atomic E-state index is 0.697. The van der Waals surface area contributed by atoms with Gasteiger partial charge in [0.25, 0.3) is 0 Å². The van der Waals surface area contributed by atoms with E-state index in [9.17, 15) is 0 Å². The number of aryl methyl sites for hydroxylation is 2. The van der Waals surface area contributed by atoms with Gasteiger partial charge in [-0.2, -0.15) is 5.26 Å². The third-order valence-corrected chi connectivity index (χ3v) is 3.98. The average Bonchev–Trinajstić information content (AvgIpc) is 3.04. The molecular weight excluding hydrogens is 282 g/mol. The van der Waals surface area contributed by atoms with Gasteiger partial charge in [0.2, 0.25) is 0 Å². The standard InChI is InChI=1S/C20H19N3/c21-13-18-9-11-19(12-10-18)15-23-16-22-14-20(23)8-4-7-17-5-2-1-3-6-17/h1-3,5-6,9-12,14,16H,4,7-8,15H2. The smallest absolute Gasteiger partial charge is 0.0991 e. The van der Waals surface area contributed by atoms with Crippen LogP contribution in [0.2, 0.25) is 0 Å². The van der Waals surface area contributed by atoms with Gasteiger partial charge in [-0.15, -0.1) is 0 Å². The Labute approximate surface area is 136 Å². The van der Waals surface area contributed by atoms with E-state index in [-0.39, 0.29) is 0 Å². The van der Waals surface area contributed by atoms with Crippen LogP contribution in [0.1, 0.15) is 28.8 Å². The fourth-order valence-electron chi connectivity index (χ4n) is 2.70. The van der Waals surface area contributed by atoms with Crippen LogP contribution in [-0.4, -0.2) is 9.55 Å². The molecule has 0 aliphatic heterocycles. The quantitative estimate of drug-likeness (QED) is 0.691. The summed E-state index contributed by atoms with van der Waals surface area (Å²) in [5.74, 6) is 0. The lowest BCUT2D eigenvalue weighted by molar-refractivity contribution is 0.703. The van der Waals surface area contributed by atoms with Crippen molar-refractivity contribution in [2.75, 3.05) is 0 Å². The van der Waals surface area contributed by atoms with Crippen molar-refractivity contribution in [3.05, 3.63) is 89.5 Å². The number of imidazole rings is 1. The van der Waals surface area contributed by atoms with Crippen LogP contribution in [0.5, 0.6) is 0 Å². The van der Waals surface area contributed by atoms with Crippen molar-refractivity contribution in [1.29, 1.82) is 5.26 Å². The summed E-state index contributed by atoms with van der Waals surface area (Å²) in [4.78, 5) is 4.29. The third-order valence-electron chi connectivity index (χ3n) is 3.98. The van der Waals surface area contributed by atoms with Crippen molar-refractivity contribution in [1.82, 2.24) is 9.55 Å². The lowest BCUT2D eigenvalue weighted by atomic mass is 10.1. The Bertz CT molecular complexity index is 780. The van der Waals surface area contributed by atoms with Crippen molar-refractivity contribution in [2.24, 2.45) is 0 Å². The first-order valence-corrected chi connectivity index (χ1v) is 7.87. The highest BCUT2D eigenvalue weighted by atomic mass is 15.0. The average molecular weight is 301 g/mol. The molecule has 3 rings (SSSR count). The summed E-state index contributed by atoms with van der Waals surface area (Å²) in [7, 11) is 0. The summed E-state index contributed by atoms with van der Waals surface area (Å²) >= 11 is 0. The molecule has 114 valence electrons. The Balaban J connectivity index is 1.59. The van der Waals surface area contributed by atoms with Crippen LogP contribution >= 0.6 is 0 Å². The Kier molecular flexibility index (Phi) is 4.85. The van der Waals surface area contributed by atoms with Crippen molar-refractivity contribution in [3.63, 3.8) is 0 Å². The maximum atomic E-state index is 8.86. The summed E-state index contributed by atoms with van der Waals surface area (Å²) in [6.07, 6.45) is 7.06. The second kappa shape index (κ2) is 7.42. The van der Waals surface area contributed by atoms with Gasteiger partial charge in [0.1, 0.15) is 0 Å². The first-order valence-electron chi connectivity index (χ1n) is 7.87. The lowest BCUT2D eigenvalue weighted by Crippen LogP contribution is -2.04. The summed E-state index contributed by atoms with van der Waals surface area (Å²) in [5.41, 5.74) is 4.52. The van der Waals surface area contributed by atoms with Gasteiger partial charge >= 0.3 is 0 Å². The molecule has 0 atom stereocenters. The summed E-state index contributed by atoms with van der Waals surface area (Å²) < 4.78 is 2.19. The number of benzene rings is 2. The molecular formula is C20H19N3. The predicted molar refractivity (Wildman–Crippen MR) is 91.0 cm³/mol. The van der Waals surface area contributed by atoms with Crippen LogP contribution in [0.4, 0.5) is 0 Å². The van der Waals surface area contributed by atoms with Crippen molar-refractivity contribution in [3.8, 4) is 6.07 Å². The zero-order valence-corrected chi connectivity index (χ0v) is 13.0. The van der Waals surface area contributed by atoms with Gasteiger partial charge in [-0.05, 0) is 42.5 Å². The fourth-order valence-corrected chi connectivity index (χ4v) is 2.70. The largest absolute Gasteiger partial charge is 0.330 e. The van der Waals surface area contributed by atoms with E-state index < -0.39 is 0 Å². The molecule has 0 unspecified atom stereocenters. The van der Waals surface area contributed by atoms with Crippen LogP contribution in [0, 0.1) is 11.3 Å². The maximum Gasteiger partial charge on any atom is 0.0991 e. The monoisotopic (exact) mass is 301 g/mol. The summed E-state index contributed by atoms with van der Waals surface area (Å²) in [6, 6.07) is 20.5. The minimum Gasteiger partial charge on any atom is -0.330 e. The zero-order chi connectivity index (χ0) is 15.9. The molecule has 0 spiro atoms. The highest BCUT2D eigenvalue weighted by Gasteiger charge is 2.04. The van der Waals surface area contributed by atoms with E-state index in [2.05, 4.69) is 46.0 Å². The number of hydrogen-bond acceptors (Lipinski definition) is 2. The number of hydrogen-bond donors (Lipinski definition) is 0. The van der Waals surface area contributed by atoms with E-state index in [4.69, 9.17) is 5.26 Å². The zero-order valence-electron chi connectivity index (χ0n) is 13.0. The molecule has 3 heteroatoms. The van der Waals surface area contributed by atoms with Crippen LogP contribution in [-0.2, 0) is 19.4 Å². The molecule has 3 aromatic rings. The normalized spacial score (nSPS) is 10.4. The van der Waals surface area contributed by atoms with Gasteiger partial charge in [-0.3, -0.25) is 0 Å². The third kappa shape index (κ3) is 4.08. The van der Waals surface area contributed by atoms with Gasteiger partial charge in [-0.25, -0.2) is 4.98 Å². The van der Waals surface area contributed by atoms with Gasteiger partial charge in [0.05, 0.1) is 18.0 Å². The van der Waals surface area contributed by atoms with Gasteiger partial charge in [0, 0.05) is 18.4 Å². The Morgan fingerprint density at radius 1 is 0.913 bits per heavy atom. The maximum absolute atomic E-state index is 8.86. The van der Waals surface area contributed by atoms with E-state index in [1.54, 1.807) is 0 Å². The Morgan fingerprint density at radius 3 is 2.43 bits per heavy atom. The number of nitrogens with zero attached hydrogens (tertiary/aromatic N) is 3. The van der Waals surface area contributed by atoms with Gasteiger partial charge in [-0.1, -0.05) is 42.5 Å². The Hall–Kier alpha value is -2.86. The van der Waals surface area contributed by atoms with E-state index in [0.717, 1.165) is 25.8 Å². The second-order valence-corrected chi connectivity index (χ2v) is 5.66. The van der Waals surface area contributed by atoms with Crippen LogP contribution in [0.3, 0.4) is 0 Å². The van der Waals surface area contributed by atoms with E-state index in [0.29, 0.717) is 5.56 Å². The highest BCUT2D eigenvalue weighted by molar-refractivity contribution is 5.31. The molecule has 0 amide bonds. The van der Waals surface area contributed by atoms with Gasteiger partial charge in [0.15, 0.2) is 0 Å². The molecule has 1 aromatic heterocycles. The molecule has 0 aliphatic rings. The van der Waals surface area contributed by atoms with E-state index >= 15 is 0 Å². The van der Waals surface area contributed by atoms with Crippen molar-refractivity contribution >= 4 is 0 Å². The molecule has 3 nitrogen and oxygen atoms in total. The van der Waals surface area contributed by atoms with E-state index in [1.807, 2.05) is 36.8 Å². The number of nitriles is 1.